The molecular weight excluding hydrogens is 200 g/mol. The maximum atomic E-state index is 5.69. The molecule has 80 valence electrons. The summed E-state index contributed by atoms with van der Waals surface area (Å²) in [6, 6.07) is 10.2. The highest BCUT2D eigenvalue weighted by Crippen LogP contribution is 2.38. The van der Waals surface area contributed by atoms with Crippen LogP contribution >= 0.6 is 0 Å². The molecule has 2 aromatic carbocycles. The van der Waals surface area contributed by atoms with Gasteiger partial charge in [0.25, 0.3) is 0 Å². The van der Waals surface area contributed by atoms with Crippen LogP contribution in [-0.4, -0.2) is 13.7 Å². The van der Waals surface area contributed by atoms with Gasteiger partial charge in [-0.05, 0) is 12.1 Å². The molecule has 0 fully saturated rings. The Hall–Kier alpha value is -1.96. The van der Waals surface area contributed by atoms with Gasteiger partial charge in [0, 0.05) is 16.3 Å². The molecule has 0 saturated heterocycles. The summed E-state index contributed by atoms with van der Waals surface area (Å²) in [5.74, 6) is 1.85. The Balaban J connectivity index is 2.41. The van der Waals surface area contributed by atoms with Gasteiger partial charge >= 0.3 is 0 Å². The first-order valence-corrected chi connectivity index (χ1v) is 5.29. The van der Waals surface area contributed by atoms with Gasteiger partial charge in [0.15, 0.2) is 0 Å². The highest BCUT2D eigenvalue weighted by molar-refractivity contribution is 5.96. The lowest BCUT2D eigenvalue weighted by molar-refractivity contribution is 0.361. The minimum absolute atomic E-state index is 0.642. The zero-order valence-electron chi connectivity index (χ0n) is 9.07. The summed E-state index contributed by atoms with van der Waals surface area (Å²) in [7, 11) is 1.70. The Kier molecular flexibility index (Phi) is 2.07. The average Bonchev–Trinajstić information content (AvgIpc) is 2.38. The Labute approximate surface area is 94.1 Å². The second-order valence-electron chi connectivity index (χ2n) is 3.76. The zero-order valence-corrected chi connectivity index (χ0v) is 9.07. The minimum atomic E-state index is 0.642. The first-order valence-electron chi connectivity index (χ1n) is 5.29. The first-order chi connectivity index (χ1) is 7.90. The predicted molar refractivity (Wildman–Crippen MR) is 65.0 cm³/mol. The van der Waals surface area contributed by atoms with Crippen molar-refractivity contribution in [1.82, 2.24) is 0 Å². The Morgan fingerprint density at radius 3 is 2.81 bits per heavy atom. The van der Waals surface area contributed by atoms with Gasteiger partial charge in [0.1, 0.15) is 18.1 Å². The summed E-state index contributed by atoms with van der Waals surface area (Å²) in [4.78, 5) is 0. The highest BCUT2D eigenvalue weighted by Gasteiger charge is 2.13. The Morgan fingerprint density at radius 1 is 1.19 bits per heavy atom. The van der Waals surface area contributed by atoms with Crippen molar-refractivity contribution < 1.29 is 9.47 Å². The summed E-state index contributed by atoms with van der Waals surface area (Å²) >= 11 is 0. The van der Waals surface area contributed by atoms with Gasteiger partial charge in [-0.3, -0.25) is 0 Å². The van der Waals surface area contributed by atoms with E-state index < -0.39 is 0 Å². The second kappa shape index (κ2) is 3.56. The first kappa shape index (κ1) is 9.28. The third-order valence-corrected chi connectivity index (χ3v) is 2.83. The van der Waals surface area contributed by atoms with E-state index in [1.165, 1.54) is 0 Å². The molecule has 16 heavy (non-hydrogen) atoms. The van der Waals surface area contributed by atoms with Gasteiger partial charge in [-0.1, -0.05) is 30.3 Å². The van der Waals surface area contributed by atoms with Gasteiger partial charge < -0.3 is 9.47 Å². The van der Waals surface area contributed by atoms with Gasteiger partial charge in [-0.15, -0.1) is 0 Å². The number of rotatable bonds is 1. The second-order valence-corrected chi connectivity index (χ2v) is 3.76. The van der Waals surface area contributed by atoms with E-state index in [2.05, 4.69) is 18.2 Å². The van der Waals surface area contributed by atoms with Crippen molar-refractivity contribution in [1.29, 1.82) is 0 Å². The van der Waals surface area contributed by atoms with Crippen molar-refractivity contribution in [3.63, 3.8) is 0 Å². The van der Waals surface area contributed by atoms with E-state index in [0.29, 0.717) is 6.61 Å². The molecule has 1 aliphatic heterocycles. The van der Waals surface area contributed by atoms with E-state index in [-0.39, 0.29) is 0 Å². The molecule has 0 N–H and O–H groups in total. The van der Waals surface area contributed by atoms with Crippen LogP contribution in [0.2, 0.25) is 0 Å². The molecule has 1 aliphatic rings. The van der Waals surface area contributed by atoms with Gasteiger partial charge in [0.2, 0.25) is 0 Å². The summed E-state index contributed by atoms with van der Waals surface area (Å²) in [5.41, 5.74) is 1.09. The smallest absolute Gasteiger partial charge is 0.135 e. The highest BCUT2D eigenvalue weighted by atomic mass is 16.5. The fraction of sp³-hybridized carbons (Fsp3) is 0.143. The lowest BCUT2D eigenvalue weighted by atomic mass is 10.0. The molecule has 3 rings (SSSR count). The van der Waals surface area contributed by atoms with E-state index in [1.807, 2.05) is 24.3 Å². The molecule has 0 amide bonds. The van der Waals surface area contributed by atoms with Crippen LogP contribution in [0, 0.1) is 0 Å². The number of ether oxygens (including phenoxy) is 2. The molecule has 0 aliphatic carbocycles. The summed E-state index contributed by atoms with van der Waals surface area (Å²) in [6.45, 7) is 0.642. The summed E-state index contributed by atoms with van der Waals surface area (Å²) in [6.07, 6.45) is 4.09. The van der Waals surface area contributed by atoms with Crippen LogP contribution in [-0.2, 0) is 0 Å². The van der Waals surface area contributed by atoms with Crippen molar-refractivity contribution in [3.05, 3.63) is 42.0 Å². The molecule has 0 unspecified atom stereocenters. The van der Waals surface area contributed by atoms with Crippen molar-refractivity contribution in [2.24, 2.45) is 0 Å². The topological polar surface area (TPSA) is 18.5 Å². The maximum absolute atomic E-state index is 5.69. The molecule has 0 bridgehead atoms. The monoisotopic (exact) mass is 212 g/mol. The van der Waals surface area contributed by atoms with Gasteiger partial charge in [0.05, 0.1) is 7.11 Å². The Bertz CT molecular complexity index is 570. The fourth-order valence-electron chi connectivity index (χ4n) is 2.10. The van der Waals surface area contributed by atoms with Crippen LogP contribution in [0.5, 0.6) is 11.5 Å². The quantitative estimate of drug-likeness (QED) is 0.722. The number of benzene rings is 2. The number of fused-ring (bicyclic) bond motifs is 3. The number of hydrogen-bond acceptors (Lipinski definition) is 2. The SMILES string of the molecule is COc1cc2c(c3ccccc13)OCC=C2. The van der Waals surface area contributed by atoms with Crippen molar-refractivity contribution >= 4 is 16.8 Å². The zero-order chi connectivity index (χ0) is 11.0. The summed E-state index contributed by atoms with van der Waals surface area (Å²) in [5, 5.41) is 2.21. The van der Waals surface area contributed by atoms with Crippen LogP contribution in [0.3, 0.4) is 0 Å². The van der Waals surface area contributed by atoms with Gasteiger partial charge in [-0.2, -0.15) is 0 Å². The third kappa shape index (κ3) is 1.27. The molecule has 0 atom stereocenters. The molecule has 0 spiro atoms. The van der Waals surface area contributed by atoms with Crippen LogP contribution in [0.1, 0.15) is 5.56 Å². The fourth-order valence-corrected chi connectivity index (χ4v) is 2.10. The van der Waals surface area contributed by atoms with E-state index >= 15 is 0 Å². The molecule has 0 saturated carbocycles. The maximum Gasteiger partial charge on any atom is 0.135 e. The Morgan fingerprint density at radius 2 is 2.00 bits per heavy atom. The minimum Gasteiger partial charge on any atom is -0.496 e. The molecule has 2 aromatic rings. The van der Waals surface area contributed by atoms with Crippen LogP contribution in [0.4, 0.5) is 0 Å². The average molecular weight is 212 g/mol. The van der Waals surface area contributed by atoms with Crippen molar-refractivity contribution in [2.45, 2.75) is 0 Å². The lowest BCUT2D eigenvalue weighted by Crippen LogP contribution is -2.01. The largest absolute Gasteiger partial charge is 0.496 e. The standard InChI is InChI=1S/C14H12O2/c1-15-13-9-10-5-4-8-16-14(10)12-7-3-2-6-11(12)13/h2-7,9H,8H2,1H3. The molecule has 0 radical (unpaired) electrons. The van der Waals surface area contributed by atoms with E-state index in [1.54, 1.807) is 7.11 Å². The molecule has 0 aromatic heterocycles. The van der Waals surface area contributed by atoms with Crippen molar-refractivity contribution in [3.8, 4) is 11.5 Å². The molecule has 1 heterocycles. The van der Waals surface area contributed by atoms with Crippen LogP contribution in [0.15, 0.2) is 36.4 Å². The van der Waals surface area contributed by atoms with E-state index in [4.69, 9.17) is 9.47 Å². The van der Waals surface area contributed by atoms with Crippen LogP contribution in [0.25, 0.3) is 16.8 Å². The summed E-state index contributed by atoms with van der Waals surface area (Å²) < 4.78 is 11.1. The van der Waals surface area contributed by atoms with E-state index in [0.717, 1.165) is 27.8 Å². The predicted octanol–water partition coefficient (Wildman–Crippen LogP) is 3.25. The van der Waals surface area contributed by atoms with Crippen molar-refractivity contribution in [2.75, 3.05) is 13.7 Å². The number of methoxy groups -OCH3 is 1. The molecular formula is C14H12O2. The lowest BCUT2D eigenvalue weighted by Gasteiger charge is -2.17. The van der Waals surface area contributed by atoms with Crippen LogP contribution < -0.4 is 9.47 Å². The number of hydrogen-bond donors (Lipinski definition) is 0. The third-order valence-electron chi connectivity index (χ3n) is 2.83. The normalized spacial score (nSPS) is 13.3. The molecule has 2 nitrogen and oxygen atoms in total. The van der Waals surface area contributed by atoms with E-state index in [9.17, 15) is 0 Å². The van der Waals surface area contributed by atoms with Gasteiger partial charge in [-0.25, -0.2) is 0 Å². The molecule has 2 heteroatoms.